The number of carboxylic acids is 1. The van der Waals surface area contributed by atoms with Gasteiger partial charge < -0.3 is 15.2 Å². The van der Waals surface area contributed by atoms with E-state index >= 15 is 0 Å². The lowest BCUT2D eigenvalue weighted by atomic mass is 9.99. The zero-order chi connectivity index (χ0) is 26.5. The molecule has 4 rings (SSSR count). The van der Waals surface area contributed by atoms with E-state index in [2.05, 4.69) is 31.8 Å². The van der Waals surface area contributed by atoms with Gasteiger partial charge in [-0.15, -0.1) is 0 Å². The highest BCUT2D eigenvalue weighted by atomic mass is 32.1. The summed E-state index contributed by atoms with van der Waals surface area (Å²) in [6.45, 7) is 7.48. The van der Waals surface area contributed by atoms with Gasteiger partial charge in [0.2, 0.25) is 5.91 Å². The van der Waals surface area contributed by atoms with E-state index in [1.165, 1.54) is 0 Å². The smallest absolute Gasteiger partial charge is 0.336 e. The number of amides is 1. The van der Waals surface area contributed by atoms with Crippen LogP contribution in [0.2, 0.25) is 0 Å². The molecule has 1 fully saturated rings. The van der Waals surface area contributed by atoms with Gasteiger partial charge in [-0.05, 0) is 54.9 Å². The van der Waals surface area contributed by atoms with Gasteiger partial charge in [0.05, 0.1) is 41.9 Å². The van der Waals surface area contributed by atoms with Crippen molar-refractivity contribution >= 4 is 24.5 Å². The lowest BCUT2D eigenvalue weighted by Crippen LogP contribution is -2.32. The van der Waals surface area contributed by atoms with Crippen molar-refractivity contribution in [2.45, 2.75) is 64.3 Å². The summed E-state index contributed by atoms with van der Waals surface area (Å²) in [6.07, 6.45) is 2.89. The maximum Gasteiger partial charge on any atom is 0.336 e. The molecule has 2 N–H and O–H groups in total. The third-order valence-corrected chi connectivity index (χ3v) is 6.94. The molecule has 8 heteroatoms. The summed E-state index contributed by atoms with van der Waals surface area (Å²) in [5.74, 6) is -0.248. The first-order valence-corrected chi connectivity index (χ1v) is 13.4. The number of carbonyl (C=O) groups is 2. The minimum atomic E-state index is -0.949. The molecule has 0 spiro atoms. The molecule has 1 saturated carbocycles. The monoisotopic (exact) mass is 521 g/mol. The molecule has 196 valence electrons. The van der Waals surface area contributed by atoms with Crippen LogP contribution in [0.15, 0.2) is 48.5 Å². The van der Waals surface area contributed by atoms with Crippen molar-refractivity contribution in [1.29, 1.82) is 0 Å². The summed E-state index contributed by atoms with van der Waals surface area (Å²) in [7, 11) is 0. The number of nitrogens with one attached hydrogen (secondary N) is 1. The zero-order valence-electron chi connectivity index (χ0n) is 21.6. The van der Waals surface area contributed by atoms with Crippen molar-refractivity contribution in [3.05, 3.63) is 71.0 Å². The molecule has 1 amide bonds. The molecule has 0 aliphatic heterocycles. The van der Waals surface area contributed by atoms with E-state index in [9.17, 15) is 14.7 Å². The summed E-state index contributed by atoms with van der Waals surface area (Å²) in [4.78, 5) is 29.2. The Balaban J connectivity index is 1.60. The average Bonchev–Trinajstić information content (AvgIpc) is 3.67. The van der Waals surface area contributed by atoms with Crippen LogP contribution in [0.3, 0.4) is 0 Å². The molecule has 0 saturated heterocycles. The van der Waals surface area contributed by atoms with Gasteiger partial charge >= 0.3 is 5.97 Å². The number of hydrogen-bond acceptors (Lipinski definition) is 5. The Morgan fingerprint density at radius 3 is 2.49 bits per heavy atom. The summed E-state index contributed by atoms with van der Waals surface area (Å²) in [5.41, 5.74) is 4.78. The lowest BCUT2D eigenvalue weighted by Gasteiger charge is -2.16. The fourth-order valence-corrected chi connectivity index (χ4v) is 5.00. The Kier molecular flexibility index (Phi) is 8.59. The molecule has 1 atom stereocenters. The number of nitrogens with zero attached hydrogens (tertiary/aromatic N) is 2. The second kappa shape index (κ2) is 11.9. The van der Waals surface area contributed by atoms with Gasteiger partial charge in [0, 0.05) is 5.92 Å². The van der Waals surface area contributed by atoms with Gasteiger partial charge in [0.25, 0.3) is 6.01 Å². The Labute approximate surface area is 223 Å². The number of carboxylic acid groups (broad SMARTS) is 1. The first kappa shape index (κ1) is 26.8. The second-order valence-electron chi connectivity index (χ2n) is 9.93. The largest absolute Gasteiger partial charge is 0.478 e. The molecule has 0 radical (unpaired) electrons. The van der Waals surface area contributed by atoms with E-state index in [0.717, 1.165) is 35.4 Å². The van der Waals surface area contributed by atoms with Gasteiger partial charge in [-0.1, -0.05) is 56.3 Å². The predicted octanol–water partition coefficient (Wildman–Crippen LogP) is 5.53. The maximum absolute atomic E-state index is 12.7. The van der Waals surface area contributed by atoms with Crippen molar-refractivity contribution in [2.24, 2.45) is 5.92 Å². The number of imidazole rings is 1. The summed E-state index contributed by atoms with van der Waals surface area (Å²) in [6, 6.07) is 15.4. The summed E-state index contributed by atoms with van der Waals surface area (Å²) in [5, 5.41) is 12.3. The van der Waals surface area contributed by atoms with Gasteiger partial charge in [-0.3, -0.25) is 9.36 Å². The maximum atomic E-state index is 12.7. The number of benzene rings is 2. The SMILES string of the molecule is CCOc1nc(C2CC2)c(CNC(=O)C(S)CC(C)C)n1Cc1ccc(-c2ccccc2C(=O)O)cc1. The Morgan fingerprint density at radius 2 is 1.86 bits per heavy atom. The van der Waals surface area contributed by atoms with Gasteiger partial charge in [-0.2, -0.15) is 17.6 Å². The Bertz CT molecular complexity index is 1250. The van der Waals surface area contributed by atoms with E-state index < -0.39 is 5.97 Å². The van der Waals surface area contributed by atoms with Crippen LogP contribution in [0.1, 0.15) is 73.3 Å². The normalized spacial score (nSPS) is 14.0. The van der Waals surface area contributed by atoms with E-state index in [1.54, 1.807) is 12.1 Å². The van der Waals surface area contributed by atoms with Crippen molar-refractivity contribution in [3.8, 4) is 17.1 Å². The number of hydrogen-bond donors (Lipinski definition) is 3. The highest BCUT2D eigenvalue weighted by molar-refractivity contribution is 7.81. The van der Waals surface area contributed by atoms with E-state index in [0.29, 0.717) is 49.5 Å². The fourth-order valence-electron chi connectivity index (χ4n) is 4.49. The molecule has 1 unspecified atom stereocenters. The van der Waals surface area contributed by atoms with Crippen LogP contribution in [-0.2, 0) is 17.9 Å². The molecule has 1 heterocycles. The van der Waals surface area contributed by atoms with Gasteiger partial charge in [0.1, 0.15) is 0 Å². The number of aromatic carboxylic acids is 1. The molecule has 3 aromatic rings. The van der Waals surface area contributed by atoms with Gasteiger partial charge in [-0.25, -0.2) is 4.79 Å². The van der Waals surface area contributed by atoms with E-state index in [-0.39, 0.29) is 16.7 Å². The molecular weight excluding hydrogens is 486 g/mol. The first-order chi connectivity index (χ1) is 17.8. The summed E-state index contributed by atoms with van der Waals surface area (Å²) >= 11 is 4.50. The molecule has 37 heavy (non-hydrogen) atoms. The van der Waals surface area contributed by atoms with Crippen LogP contribution in [0.5, 0.6) is 6.01 Å². The van der Waals surface area contributed by atoms with Crippen LogP contribution in [-0.4, -0.2) is 38.4 Å². The number of rotatable bonds is 12. The molecule has 7 nitrogen and oxygen atoms in total. The van der Waals surface area contributed by atoms with E-state index in [4.69, 9.17) is 9.72 Å². The molecule has 1 aliphatic carbocycles. The van der Waals surface area contributed by atoms with E-state index in [1.807, 2.05) is 47.9 Å². The number of carbonyl (C=O) groups excluding carboxylic acids is 1. The van der Waals surface area contributed by atoms with Crippen LogP contribution in [0.4, 0.5) is 0 Å². The highest BCUT2D eigenvalue weighted by Gasteiger charge is 2.32. The van der Waals surface area contributed by atoms with Crippen LogP contribution >= 0.6 is 12.6 Å². The number of thiol groups is 1. The van der Waals surface area contributed by atoms with Crippen molar-refractivity contribution in [3.63, 3.8) is 0 Å². The van der Waals surface area contributed by atoms with Crippen LogP contribution in [0.25, 0.3) is 11.1 Å². The average molecular weight is 522 g/mol. The predicted molar refractivity (Wildman–Crippen MR) is 147 cm³/mol. The molecule has 1 aromatic heterocycles. The van der Waals surface area contributed by atoms with Gasteiger partial charge in [0.15, 0.2) is 0 Å². The third-order valence-electron chi connectivity index (χ3n) is 6.50. The van der Waals surface area contributed by atoms with Crippen LogP contribution in [0, 0.1) is 5.92 Å². The standard InChI is InChI=1S/C29H35N3O4S/c1-4-36-29-31-26(21-13-14-21)24(16-30-27(33)25(37)15-18(2)3)32(29)17-19-9-11-20(12-10-19)22-7-5-6-8-23(22)28(34)35/h5-12,18,21,25,37H,4,13-17H2,1-3H3,(H,30,33)(H,34,35). The molecule has 2 aromatic carbocycles. The third kappa shape index (κ3) is 6.55. The number of ether oxygens (including phenoxy) is 1. The molecule has 0 bridgehead atoms. The highest BCUT2D eigenvalue weighted by Crippen LogP contribution is 2.42. The minimum absolute atomic E-state index is 0.0778. The zero-order valence-corrected chi connectivity index (χ0v) is 22.5. The second-order valence-corrected chi connectivity index (χ2v) is 10.6. The number of aromatic nitrogens is 2. The topological polar surface area (TPSA) is 93.5 Å². The Hall–Kier alpha value is -3.26. The first-order valence-electron chi connectivity index (χ1n) is 12.9. The van der Waals surface area contributed by atoms with Crippen molar-refractivity contribution < 1.29 is 19.4 Å². The van der Waals surface area contributed by atoms with Crippen molar-refractivity contribution in [2.75, 3.05) is 6.61 Å². The molecular formula is C29H35N3O4S. The molecule has 1 aliphatic rings. The Morgan fingerprint density at radius 1 is 1.16 bits per heavy atom. The van der Waals surface area contributed by atoms with Crippen molar-refractivity contribution in [1.82, 2.24) is 14.9 Å². The van der Waals surface area contributed by atoms with Crippen LogP contribution < -0.4 is 10.1 Å². The fraction of sp³-hybridized carbons (Fsp3) is 0.414. The summed E-state index contributed by atoms with van der Waals surface area (Å²) < 4.78 is 7.96. The quantitative estimate of drug-likeness (QED) is 0.272. The lowest BCUT2D eigenvalue weighted by molar-refractivity contribution is -0.121. The minimum Gasteiger partial charge on any atom is -0.478 e.